The van der Waals surface area contributed by atoms with Gasteiger partial charge in [0.15, 0.2) is 24.4 Å². The Hall–Kier alpha value is -3.64. The Balaban J connectivity index is 0.000000429. The molecule has 0 atom stereocenters. The smallest absolute Gasteiger partial charge is 0.402 e. The van der Waals surface area contributed by atoms with E-state index in [1.54, 1.807) is 0 Å². The van der Waals surface area contributed by atoms with Crippen molar-refractivity contribution in [3.63, 3.8) is 0 Å². The number of ether oxygens (including phenoxy) is 4. The second-order valence-corrected chi connectivity index (χ2v) is 26.9. The highest BCUT2D eigenvalue weighted by molar-refractivity contribution is 7.86. The molecule has 0 aliphatic heterocycles. The molecule has 0 fully saturated rings. The molecule has 458 valence electrons. The number of carbonyl (C=O) groups is 1. The van der Waals surface area contributed by atoms with E-state index < -0.39 is 39.1 Å². The summed E-state index contributed by atoms with van der Waals surface area (Å²) in [6.45, 7) is 12.4. The monoisotopic (exact) mass is 1400 g/mol. The van der Waals surface area contributed by atoms with Gasteiger partial charge in [0.1, 0.15) is 29.0 Å². The number of hydrogen-bond donors (Lipinski definition) is 0. The van der Waals surface area contributed by atoms with Crippen molar-refractivity contribution in [1.29, 1.82) is 0 Å². The molecule has 0 aliphatic carbocycles. The van der Waals surface area contributed by atoms with Crippen molar-refractivity contribution in [2.24, 2.45) is 0 Å². The van der Waals surface area contributed by atoms with Gasteiger partial charge in [-0.05, 0) is 123 Å². The Labute approximate surface area is 497 Å². The molecule has 0 spiro atoms. The van der Waals surface area contributed by atoms with E-state index in [1.165, 1.54) is 143 Å². The fourth-order valence-corrected chi connectivity index (χ4v) is 12.3. The lowest BCUT2D eigenvalue weighted by Crippen LogP contribution is -3.61. The van der Waals surface area contributed by atoms with Gasteiger partial charge < -0.3 is 33.4 Å². The Morgan fingerprint density at radius 2 is 0.593 bits per heavy atom. The largest absolute Gasteiger partial charge is 0.743 e. The summed E-state index contributed by atoms with van der Waals surface area (Å²) < 4.78 is 157. The fraction of sp³-hybridized carbons (Fsp3) is 0.590. The molecule has 9 nitrogen and oxygen atoms in total. The van der Waals surface area contributed by atoms with E-state index in [-0.39, 0.29) is 42.4 Å². The van der Waals surface area contributed by atoms with Crippen LogP contribution in [0.2, 0.25) is 0 Å². The fourth-order valence-electron chi connectivity index (χ4n) is 7.58. The molecule has 4 rings (SSSR count). The molecule has 4 aromatic rings. The first-order valence-corrected chi connectivity index (χ1v) is 34.2. The van der Waals surface area contributed by atoms with E-state index >= 15 is 0 Å². The van der Waals surface area contributed by atoms with Crippen LogP contribution in [0.15, 0.2) is 97.1 Å². The summed E-state index contributed by atoms with van der Waals surface area (Å²) in [7, 11) is -7.49. The topological polar surface area (TPSA) is 134 Å². The molecule has 0 bridgehead atoms. The average molecular weight is 1400 g/mol. The molecule has 0 unspecified atom stereocenters. The summed E-state index contributed by atoms with van der Waals surface area (Å²) in [5, 5.41) is 2.37. The van der Waals surface area contributed by atoms with Crippen LogP contribution in [0.3, 0.4) is 0 Å². The van der Waals surface area contributed by atoms with Crippen molar-refractivity contribution in [2.75, 3.05) is 26.4 Å². The molecule has 20 heteroatoms. The van der Waals surface area contributed by atoms with Crippen molar-refractivity contribution in [2.45, 2.75) is 205 Å². The van der Waals surface area contributed by atoms with E-state index in [0.717, 1.165) is 75.1 Å². The predicted octanol–water partition coefficient (Wildman–Crippen LogP) is 10.4. The van der Waals surface area contributed by atoms with Crippen molar-refractivity contribution >= 4 is 16.1 Å². The molecule has 0 aromatic heterocycles. The number of benzene rings is 4. The number of halogens is 10. The molecular formula is C61H84F8I2O9S. The standard InChI is InChI=1S/2C28H42IO2.C5H2F8O5S/c2*1-3-5-7-9-11-13-23-30-27-19-15-25(16-20-27)29-26-17-21-28(22-18-26)31-24-14-12-10-8-6-4-2;6-2(7,1(14)15)3(8,9)4(10,11)5(12,13)19(16,17)18/h2*15-22H,3-14,23-24H2,1-2H3;(H,14,15)(H,16,17,18)/q2*+1;/p-2. The third kappa shape index (κ3) is 28.2. The van der Waals surface area contributed by atoms with Crippen LogP contribution in [0, 0.1) is 14.3 Å². The lowest BCUT2D eigenvalue weighted by Gasteiger charge is -2.37. The van der Waals surface area contributed by atoms with Crippen molar-refractivity contribution < 1.29 is 119 Å². The zero-order chi connectivity index (χ0) is 60.1. The van der Waals surface area contributed by atoms with E-state index in [9.17, 15) is 58.0 Å². The van der Waals surface area contributed by atoms with Crippen LogP contribution in [-0.4, -0.2) is 68.4 Å². The van der Waals surface area contributed by atoms with Crippen LogP contribution in [0.4, 0.5) is 35.1 Å². The Kier molecular flexibility index (Phi) is 36.8. The molecule has 0 radical (unpaired) electrons. The van der Waals surface area contributed by atoms with Gasteiger partial charge in [0, 0.05) is 0 Å². The number of carbonyl (C=O) groups excluding carboxylic acids is 1. The van der Waals surface area contributed by atoms with Gasteiger partial charge in [0.05, 0.1) is 26.4 Å². The summed E-state index contributed by atoms with van der Waals surface area (Å²) in [6.07, 6.45) is 31.2. The molecule has 4 aromatic carbocycles. The van der Waals surface area contributed by atoms with E-state index in [0.29, 0.717) is 0 Å². The van der Waals surface area contributed by atoms with Gasteiger partial charge in [-0.3, -0.25) is 0 Å². The van der Waals surface area contributed by atoms with Crippen LogP contribution >= 0.6 is 0 Å². The second kappa shape index (κ2) is 40.6. The third-order valence-electron chi connectivity index (χ3n) is 12.5. The van der Waals surface area contributed by atoms with E-state index in [2.05, 4.69) is 125 Å². The van der Waals surface area contributed by atoms with Gasteiger partial charge in [0.2, 0.25) is 0 Å². The SMILES string of the molecule is CCCCCCCCOc1ccc([I+]c2ccc(OCCCCCCCC)cc2)cc1.CCCCCCCCOc1ccc([I+]c2ccc(OCCCCCCCC)cc2)cc1.O=C([O-])C(F)(F)C(F)(F)C(F)(F)C(F)(F)S(=O)(=O)[O-]. The van der Waals surface area contributed by atoms with Gasteiger partial charge in [-0.15, -0.1) is 0 Å². The highest BCUT2D eigenvalue weighted by atomic mass is 127. The molecule has 0 N–H and O–H groups in total. The maximum absolute atomic E-state index is 12.5. The Morgan fingerprint density at radius 3 is 0.790 bits per heavy atom. The normalized spacial score (nSPS) is 12.0. The van der Waals surface area contributed by atoms with Crippen molar-refractivity contribution in [3.8, 4) is 23.0 Å². The lowest BCUT2D eigenvalue weighted by molar-refractivity contribution is -0.597. The molecule has 0 saturated heterocycles. The van der Waals surface area contributed by atoms with Crippen LogP contribution in [0.25, 0.3) is 0 Å². The number of aliphatic carboxylic acids is 1. The minimum absolute atomic E-state index is 0.160. The molecule has 81 heavy (non-hydrogen) atoms. The maximum Gasteiger partial charge on any atom is 0.402 e. The summed E-state index contributed by atoms with van der Waals surface area (Å²) in [6, 6.07) is 34.9. The number of carboxylic acid groups (broad SMARTS) is 1. The number of carboxylic acids is 1. The summed E-state index contributed by atoms with van der Waals surface area (Å²) in [5.74, 6) is -21.9. The van der Waals surface area contributed by atoms with Gasteiger partial charge in [0.25, 0.3) is 0 Å². The van der Waals surface area contributed by atoms with Gasteiger partial charge >= 0.3 is 65.4 Å². The van der Waals surface area contributed by atoms with Gasteiger partial charge in [-0.2, -0.15) is 35.1 Å². The van der Waals surface area contributed by atoms with Crippen LogP contribution in [0.1, 0.15) is 182 Å². The van der Waals surface area contributed by atoms with Gasteiger partial charge in [-0.1, -0.05) is 156 Å². The number of alkyl halides is 8. The highest BCUT2D eigenvalue weighted by Crippen LogP contribution is 2.54. The molecule has 0 saturated carbocycles. The van der Waals surface area contributed by atoms with Crippen LogP contribution < -0.4 is 66.5 Å². The van der Waals surface area contributed by atoms with Crippen LogP contribution in [-0.2, 0) is 14.9 Å². The van der Waals surface area contributed by atoms with E-state index in [4.69, 9.17) is 18.9 Å². The van der Waals surface area contributed by atoms with Gasteiger partial charge in [-0.25, -0.2) is 8.42 Å². The second-order valence-electron chi connectivity index (χ2n) is 19.5. The highest BCUT2D eigenvalue weighted by Gasteiger charge is 2.83. The molecular weight excluding hydrogens is 1310 g/mol. The first kappa shape index (κ1) is 73.5. The number of rotatable bonds is 41. The molecule has 0 aliphatic rings. The number of hydrogen-bond acceptors (Lipinski definition) is 9. The zero-order valence-electron chi connectivity index (χ0n) is 47.4. The summed E-state index contributed by atoms with van der Waals surface area (Å²) >= 11 is -0.320. The first-order valence-electron chi connectivity index (χ1n) is 28.5. The Morgan fingerprint density at radius 1 is 0.383 bits per heavy atom. The number of unbranched alkanes of at least 4 members (excludes halogenated alkanes) is 20. The minimum atomic E-state index is -7.50. The van der Waals surface area contributed by atoms with Crippen molar-refractivity contribution in [3.05, 3.63) is 111 Å². The molecule has 0 heterocycles. The molecule has 0 amide bonds. The minimum Gasteiger partial charge on any atom is -0.743 e. The first-order chi connectivity index (χ1) is 38.6. The summed E-state index contributed by atoms with van der Waals surface area (Å²) in [4.78, 5) is 9.54. The maximum atomic E-state index is 12.5. The van der Waals surface area contributed by atoms with Crippen LogP contribution in [0.5, 0.6) is 23.0 Å². The van der Waals surface area contributed by atoms with E-state index in [1.807, 2.05) is 0 Å². The predicted molar refractivity (Wildman–Crippen MR) is 291 cm³/mol. The average Bonchev–Trinajstić information content (AvgIpc) is 3.54. The quantitative estimate of drug-likeness (QED) is 0.0184. The third-order valence-corrected chi connectivity index (χ3v) is 18.7. The zero-order valence-corrected chi connectivity index (χ0v) is 52.5. The Bertz CT molecular complexity index is 2130. The summed E-state index contributed by atoms with van der Waals surface area (Å²) in [5.41, 5.74) is 0. The lowest BCUT2D eigenvalue weighted by atomic mass is 10.1. The van der Waals surface area contributed by atoms with Crippen molar-refractivity contribution in [1.82, 2.24) is 0 Å².